The molecule has 1 aromatic carbocycles. The number of imide groups is 1. The van der Waals surface area contributed by atoms with Crippen LogP contribution in [0.25, 0.3) is 17.4 Å². The minimum absolute atomic E-state index is 0.0330. The van der Waals surface area contributed by atoms with Crippen molar-refractivity contribution in [1.29, 1.82) is 5.26 Å². The summed E-state index contributed by atoms with van der Waals surface area (Å²) in [5, 5.41) is 21.2. The van der Waals surface area contributed by atoms with Crippen molar-refractivity contribution in [1.82, 2.24) is 4.90 Å². The highest BCUT2D eigenvalue weighted by atomic mass is 16.6. The first-order chi connectivity index (χ1) is 16.8. The number of anilines is 1. The van der Waals surface area contributed by atoms with Gasteiger partial charge in [-0.15, -0.1) is 0 Å². The molecule has 0 bridgehead atoms. The number of hydrogen-bond donors (Lipinski definition) is 0. The number of hydrogen-bond acceptors (Lipinski definition) is 8. The van der Waals surface area contributed by atoms with Gasteiger partial charge in [0.1, 0.15) is 28.9 Å². The smallest absolute Gasteiger partial charge is 0.293 e. The number of rotatable bonds is 6. The second-order valence-corrected chi connectivity index (χ2v) is 8.19. The maximum Gasteiger partial charge on any atom is 0.293 e. The highest BCUT2D eigenvalue weighted by Crippen LogP contribution is 2.35. The highest BCUT2D eigenvalue weighted by Gasteiger charge is 2.35. The van der Waals surface area contributed by atoms with Crippen molar-refractivity contribution in [2.45, 2.75) is 20.3 Å². The Morgan fingerprint density at radius 3 is 2.57 bits per heavy atom. The molecule has 0 N–H and O–H groups in total. The third kappa shape index (κ3) is 4.58. The van der Waals surface area contributed by atoms with Crippen LogP contribution in [0.1, 0.15) is 26.0 Å². The van der Waals surface area contributed by atoms with Crippen molar-refractivity contribution in [3.8, 4) is 17.4 Å². The Morgan fingerprint density at radius 2 is 1.91 bits per heavy atom. The number of carbonyl (C=O) groups excluding carboxylic acids is 2. The third-order valence-electron chi connectivity index (χ3n) is 5.99. The topological polar surface area (TPSA) is 130 Å². The van der Waals surface area contributed by atoms with Gasteiger partial charge in [0.05, 0.1) is 18.1 Å². The van der Waals surface area contributed by atoms with E-state index in [9.17, 15) is 25.0 Å². The fourth-order valence-electron chi connectivity index (χ4n) is 4.18. The van der Waals surface area contributed by atoms with Crippen LogP contribution in [0.3, 0.4) is 0 Å². The van der Waals surface area contributed by atoms with Crippen LogP contribution >= 0.6 is 0 Å². The lowest BCUT2D eigenvalue weighted by atomic mass is 9.94. The summed E-state index contributed by atoms with van der Waals surface area (Å²) in [6.45, 7) is 5.76. The zero-order chi connectivity index (χ0) is 25.1. The molecule has 10 nitrogen and oxygen atoms in total. The van der Waals surface area contributed by atoms with Gasteiger partial charge in [0.25, 0.3) is 17.5 Å². The molecular weight excluding hydrogens is 452 g/mol. The van der Waals surface area contributed by atoms with E-state index >= 15 is 0 Å². The molecule has 1 aromatic heterocycles. The molecule has 2 aromatic rings. The molecule has 10 heteroatoms. The lowest BCUT2D eigenvalue weighted by Gasteiger charge is -2.28. The standard InChI is InChI=1S/C25H24N4O6/c1-3-8-28-24(30)19(16(2)20(15-26)25(28)31)14-18-5-7-23(35-18)17-4-6-21(22(13-17)29(32)33)27-9-11-34-12-10-27/h4-7,13-14H,3,8-12H2,1-2H3/b19-14+. The second kappa shape index (κ2) is 9.95. The Balaban J connectivity index is 1.68. The summed E-state index contributed by atoms with van der Waals surface area (Å²) >= 11 is 0. The Hall–Kier alpha value is -4.23. The fraction of sp³-hybridized carbons (Fsp3) is 0.320. The van der Waals surface area contributed by atoms with Crippen LogP contribution in [0, 0.1) is 21.4 Å². The van der Waals surface area contributed by atoms with Crippen LogP contribution < -0.4 is 4.90 Å². The number of furan rings is 1. The minimum Gasteiger partial charge on any atom is -0.457 e. The lowest BCUT2D eigenvalue weighted by molar-refractivity contribution is -0.384. The first-order valence-corrected chi connectivity index (χ1v) is 11.3. The van der Waals surface area contributed by atoms with E-state index in [1.54, 1.807) is 31.2 Å². The van der Waals surface area contributed by atoms with Crippen molar-refractivity contribution in [3.05, 3.63) is 62.9 Å². The zero-order valence-electron chi connectivity index (χ0n) is 19.4. The van der Waals surface area contributed by atoms with Gasteiger partial charge in [0.15, 0.2) is 0 Å². The number of nitro benzene ring substituents is 1. The molecule has 1 saturated heterocycles. The number of nitro groups is 1. The van der Waals surface area contributed by atoms with E-state index in [4.69, 9.17) is 9.15 Å². The van der Waals surface area contributed by atoms with Gasteiger partial charge in [-0.3, -0.25) is 24.6 Å². The van der Waals surface area contributed by atoms with Crippen LogP contribution in [0.4, 0.5) is 11.4 Å². The molecule has 2 aliphatic heterocycles. The Kier molecular flexibility index (Phi) is 6.80. The van der Waals surface area contributed by atoms with Crippen molar-refractivity contribution < 1.29 is 23.7 Å². The molecule has 2 amide bonds. The molecule has 1 fully saturated rings. The summed E-state index contributed by atoms with van der Waals surface area (Å²) in [5.74, 6) is -0.371. The minimum atomic E-state index is -0.596. The first-order valence-electron chi connectivity index (χ1n) is 11.3. The number of carbonyl (C=O) groups is 2. The Bertz CT molecular complexity index is 1290. The zero-order valence-corrected chi connectivity index (χ0v) is 19.4. The molecule has 2 aliphatic rings. The number of benzene rings is 1. The summed E-state index contributed by atoms with van der Waals surface area (Å²) in [6, 6.07) is 10.1. The third-order valence-corrected chi connectivity index (χ3v) is 5.99. The largest absolute Gasteiger partial charge is 0.457 e. The molecule has 0 radical (unpaired) electrons. The van der Waals surface area contributed by atoms with Gasteiger partial charge >= 0.3 is 0 Å². The number of nitrogens with zero attached hydrogens (tertiary/aromatic N) is 4. The SMILES string of the molecule is CCCN1C(=O)C(C#N)=C(C)/C(=C\c2ccc(-c3ccc(N4CCOCC4)c([N+](=O)[O-])c3)o2)C1=O. The summed E-state index contributed by atoms with van der Waals surface area (Å²) < 4.78 is 11.2. The normalized spacial score (nSPS) is 17.8. The van der Waals surface area contributed by atoms with Crippen molar-refractivity contribution in [2.24, 2.45) is 0 Å². The van der Waals surface area contributed by atoms with Crippen LogP contribution in [0.15, 0.2) is 51.5 Å². The van der Waals surface area contributed by atoms with Crippen molar-refractivity contribution >= 4 is 29.3 Å². The summed E-state index contributed by atoms with van der Waals surface area (Å²) in [6.07, 6.45) is 2.05. The molecule has 35 heavy (non-hydrogen) atoms. The van der Waals surface area contributed by atoms with E-state index in [1.807, 2.05) is 17.9 Å². The maximum atomic E-state index is 12.9. The van der Waals surface area contributed by atoms with Gasteiger partial charge in [-0.05, 0) is 49.3 Å². The predicted molar refractivity (Wildman–Crippen MR) is 127 cm³/mol. The predicted octanol–water partition coefficient (Wildman–Crippen LogP) is 3.69. The molecule has 0 aliphatic carbocycles. The van der Waals surface area contributed by atoms with Crippen LogP contribution in [-0.4, -0.2) is 54.5 Å². The molecule has 4 rings (SSSR count). The lowest BCUT2D eigenvalue weighted by Crippen LogP contribution is -2.43. The molecule has 0 spiro atoms. The second-order valence-electron chi connectivity index (χ2n) is 8.19. The fourth-order valence-corrected chi connectivity index (χ4v) is 4.18. The van der Waals surface area contributed by atoms with Gasteiger partial charge in [0.2, 0.25) is 0 Å². The number of ether oxygens (including phenoxy) is 1. The Morgan fingerprint density at radius 1 is 1.17 bits per heavy atom. The van der Waals surface area contributed by atoms with E-state index in [-0.39, 0.29) is 23.4 Å². The van der Waals surface area contributed by atoms with Gasteiger partial charge in [0, 0.05) is 36.8 Å². The number of morpholine rings is 1. The van der Waals surface area contributed by atoms with Crippen LogP contribution in [0.2, 0.25) is 0 Å². The average Bonchev–Trinajstić information content (AvgIpc) is 3.33. The van der Waals surface area contributed by atoms with Crippen LogP contribution in [0.5, 0.6) is 0 Å². The number of nitriles is 1. The van der Waals surface area contributed by atoms with Gasteiger partial charge in [-0.25, -0.2) is 0 Å². The first kappa shape index (κ1) is 23.9. The number of amides is 2. The average molecular weight is 476 g/mol. The summed E-state index contributed by atoms with van der Waals surface area (Å²) in [5.41, 5.74) is 1.41. The maximum absolute atomic E-state index is 12.9. The molecular formula is C25H24N4O6. The molecule has 0 unspecified atom stereocenters. The molecule has 3 heterocycles. The van der Waals surface area contributed by atoms with E-state index in [0.717, 1.165) is 4.90 Å². The van der Waals surface area contributed by atoms with Crippen molar-refractivity contribution in [2.75, 3.05) is 37.7 Å². The van der Waals surface area contributed by atoms with E-state index in [1.165, 1.54) is 12.1 Å². The van der Waals surface area contributed by atoms with Crippen molar-refractivity contribution in [3.63, 3.8) is 0 Å². The summed E-state index contributed by atoms with van der Waals surface area (Å²) in [4.78, 5) is 39.8. The summed E-state index contributed by atoms with van der Waals surface area (Å²) in [7, 11) is 0. The van der Waals surface area contributed by atoms with Gasteiger partial charge < -0.3 is 14.1 Å². The monoisotopic (exact) mass is 476 g/mol. The Labute approximate surface area is 201 Å². The van der Waals surface area contributed by atoms with Gasteiger partial charge in [-0.2, -0.15) is 5.26 Å². The highest BCUT2D eigenvalue weighted by molar-refractivity contribution is 6.19. The molecule has 0 atom stereocenters. The quantitative estimate of drug-likeness (QED) is 0.267. The van der Waals surface area contributed by atoms with E-state index in [2.05, 4.69) is 0 Å². The molecule has 0 saturated carbocycles. The molecule has 180 valence electrons. The van der Waals surface area contributed by atoms with Crippen LogP contribution in [-0.2, 0) is 14.3 Å². The van der Waals surface area contributed by atoms with E-state index < -0.39 is 16.7 Å². The van der Waals surface area contributed by atoms with E-state index in [0.29, 0.717) is 61.1 Å². The van der Waals surface area contributed by atoms with Gasteiger partial charge in [-0.1, -0.05) is 6.92 Å².